The lowest BCUT2D eigenvalue weighted by Gasteiger charge is -1.99. The zero-order valence-electron chi connectivity index (χ0n) is 7.50. The van der Waals surface area contributed by atoms with Crippen LogP contribution in [0.15, 0.2) is 0 Å². The fourth-order valence-electron chi connectivity index (χ4n) is 1.18. The van der Waals surface area contributed by atoms with Crippen molar-refractivity contribution in [2.45, 2.75) is 13.5 Å². The summed E-state index contributed by atoms with van der Waals surface area (Å²) in [7, 11) is 3.39. The highest BCUT2D eigenvalue weighted by atomic mass is 16.5. The molecule has 0 unspecified atom stereocenters. The van der Waals surface area contributed by atoms with Gasteiger partial charge in [0, 0.05) is 14.2 Å². The number of aromatic nitrogens is 2. The Morgan fingerprint density at radius 1 is 1.67 bits per heavy atom. The van der Waals surface area contributed by atoms with Crippen LogP contribution >= 0.6 is 0 Å². The van der Waals surface area contributed by atoms with Crippen LogP contribution in [0.25, 0.3) is 0 Å². The summed E-state index contributed by atoms with van der Waals surface area (Å²) in [6, 6.07) is 0. The number of methoxy groups -OCH3 is 1. The number of rotatable bonds is 3. The molecule has 1 rings (SSSR count). The van der Waals surface area contributed by atoms with Crippen LogP contribution < -0.4 is 0 Å². The van der Waals surface area contributed by atoms with Crippen LogP contribution in [0, 0.1) is 6.92 Å². The second-order valence-corrected chi connectivity index (χ2v) is 2.62. The predicted octanol–water partition coefficient (Wildman–Crippen LogP) is 0.687. The molecule has 4 heteroatoms. The minimum atomic E-state index is 0.422. The van der Waals surface area contributed by atoms with Crippen LogP contribution in [0.3, 0.4) is 0 Å². The van der Waals surface area contributed by atoms with Gasteiger partial charge in [0.25, 0.3) is 0 Å². The third-order valence-corrected chi connectivity index (χ3v) is 1.79. The molecule has 0 aliphatic rings. The monoisotopic (exact) mass is 168 g/mol. The standard InChI is InChI=1S/C8H12N2O2/c1-6-7(4-11)8(5-12-3)10(2)9-6/h4H,5H2,1-3H3. The van der Waals surface area contributed by atoms with E-state index < -0.39 is 0 Å². The molecule has 1 aromatic rings. The number of carbonyl (C=O) groups is 1. The molecule has 12 heavy (non-hydrogen) atoms. The fourth-order valence-corrected chi connectivity index (χ4v) is 1.18. The number of aryl methyl sites for hydroxylation is 2. The summed E-state index contributed by atoms with van der Waals surface area (Å²) >= 11 is 0. The summed E-state index contributed by atoms with van der Waals surface area (Å²) in [4.78, 5) is 10.6. The number of hydrogen-bond donors (Lipinski definition) is 0. The van der Waals surface area contributed by atoms with Gasteiger partial charge in [-0.25, -0.2) is 0 Å². The van der Waals surface area contributed by atoms with E-state index in [9.17, 15) is 4.79 Å². The van der Waals surface area contributed by atoms with Gasteiger partial charge in [-0.2, -0.15) is 5.10 Å². The number of nitrogens with zero attached hydrogens (tertiary/aromatic N) is 2. The Labute approximate surface area is 71.1 Å². The molecule has 4 nitrogen and oxygen atoms in total. The van der Waals surface area contributed by atoms with Crippen molar-refractivity contribution in [3.05, 3.63) is 17.0 Å². The molecule has 0 aliphatic heterocycles. The van der Waals surface area contributed by atoms with Crippen LogP contribution in [-0.2, 0) is 18.4 Å². The Hall–Kier alpha value is -1.16. The maximum absolute atomic E-state index is 10.6. The topological polar surface area (TPSA) is 44.1 Å². The van der Waals surface area contributed by atoms with Crippen molar-refractivity contribution in [2.75, 3.05) is 7.11 Å². The Morgan fingerprint density at radius 2 is 2.33 bits per heavy atom. The lowest BCUT2D eigenvalue weighted by Crippen LogP contribution is -2.01. The van der Waals surface area contributed by atoms with E-state index in [-0.39, 0.29) is 0 Å². The quantitative estimate of drug-likeness (QED) is 0.623. The Bertz CT molecular complexity index is 291. The molecule has 0 saturated carbocycles. The molecule has 0 spiro atoms. The molecule has 0 saturated heterocycles. The maximum atomic E-state index is 10.6. The van der Waals surface area contributed by atoms with Gasteiger partial charge in [0.15, 0.2) is 6.29 Å². The summed E-state index contributed by atoms with van der Waals surface area (Å²) in [6.07, 6.45) is 0.816. The van der Waals surface area contributed by atoms with E-state index in [2.05, 4.69) is 5.10 Å². The predicted molar refractivity (Wildman–Crippen MR) is 44.0 cm³/mol. The van der Waals surface area contributed by atoms with Crippen LogP contribution in [0.1, 0.15) is 21.7 Å². The van der Waals surface area contributed by atoms with Gasteiger partial charge in [0.1, 0.15) is 0 Å². The van der Waals surface area contributed by atoms with E-state index in [4.69, 9.17) is 4.74 Å². The Morgan fingerprint density at radius 3 is 2.83 bits per heavy atom. The fraction of sp³-hybridized carbons (Fsp3) is 0.500. The third-order valence-electron chi connectivity index (χ3n) is 1.79. The second-order valence-electron chi connectivity index (χ2n) is 2.62. The van der Waals surface area contributed by atoms with E-state index in [1.54, 1.807) is 18.8 Å². The van der Waals surface area contributed by atoms with Crippen molar-refractivity contribution < 1.29 is 9.53 Å². The number of hydrogen-bond acceptors (Lipinski definition) is 3. The zero-order valence-corrected chi connectivity index (χ0v) is 7.50. The molecule has 0 amide bonds. The van der Waals surface area contributed by atoms with Crippen LogP contribution in [0.4, 0.5) is 0 Å². The molecule has 0 aromatic carbocycles. The van der Waals surface area contributed by atoms with Crippen molar-refractivity contribution >= 4 is 6.29 Å². The Kier molecular flexibility index (Phi) is 2.60. The highest BCUT2D eigenvalue weighted by Gasteiger charge is 2.11. The van der Waals surface area contributed by atoms with E-state index in [0.29, 0.717) is 12.2 Å². The van der Waals surface area contributed by atoms with Gasteiger partial charge < -0.3 is 4.74 Å². The Balaban J connectivity index is 3.13. The minimum absolute atomic E-state index is 0.422. The normalized spacial score (nSPS) is 10.2. The molecule has 0 fully saturated rings. The summed E-state index contributed by atoms with van der Waals surface area (Å²) in [6.45, 7) is 2.23. The molecule has 1 aromatic heterocycles. The smallest absolute Gasteiger partial charge is 0.153 e. The average Bonchev–Trinajstić information content (AvgIpc) is 2.28. The second kappa shape index (κ2) is 3.49. The number of carbonyl (C=O) groups excluding carboxylic acids is 1. The van der Waals surface area contributed by atoms with Gasteiger partial charge in [0.2, 0.25) is 0 Å². The van der Waals surface area contributed by atoms with Crippen molar-refractivity contribution in [3.63, 3.8) is 0 Å². The van der Waals surface area contributed by atoms with E-state index in [1.165, 1.54) is 0 Å². The van der Waals surface area contributed by atoms with Crippen LogP contribution in [-0.4, -0.2) is 23.2 Å². The SMILES string of the molecule is COCc1c(C=O)c(C)nn1C. The highest BCUT2D eigenvalue weighted by molar-refractivity contribution is 5.78. The highest BCUT2D eigenvalue weighted by Crippen LogP contribution is 2.10. The van der Waals surface area contributed by atoms with Gasteiger partial charge in [-0.05, 0) is 6.92 Å². The molecule has 66 valence electrons. The van der Waals surface area contributed by atoms with Gasteiger partial charge >= 0.3 is 0 Å². The van der Waals surface area contributed by atoms with E-state index in [0.717, 1.165) is 17.7 Å². The summed E-state index contributed by atoms with van der Waals surface area (Å²) < 4.78 is 6.61. The molecule has 0 atom stereocenters. The first kappa shape index (κ1) is 8.93. The van der Waals surface area contributed by atoms with E-state index >= 15 is 0 Å². The first-order chi connectivity index (χ1) is 5.70. The first-order valence-electron chi connectivity index (χ1n) is 3.67. The molecule has 0 aliphatic carbocycles. The van der Waals surface area contributed by atoms with Crippen LogP contribution in [0.5, 0.6) is 0 Å². The van der Waals surface area contributed by atoms with Gasteiger partial charge in [0.05, 0.1) is 23.6 Å². The molecule has 0 radical (unpaired) electrons. The minimum Gasteiger partial charge on any atom is -0.378 e. The summed E-state index contributed by atoms with van der Waals surface area (Å²) in [5.41, 5.74) is 2.21. The largest absolute Gasteiger partial charge is 0.378 e. The van der Waals surface area contributed by atoms with Crippen molar-refractivity contribution in [1.29, 1.82) is 0 Å². The van der Waals surface area contributed by atoms with Crippen LogP contribution in [0.2, 0.25) is 0 Å². The zero-order chi connectivity index (χ0) is 9.14. The van der Waals surface area contributed by atoms with Gasteiger partial charge in [-0.15, -0.1) is 0 Å². The molecular weight excluding hydrogens is 156 g/mol. The molecule has 1 heterocycles. The number of aldehydes is 1. The molecule has 0 bridgehead atoms. The molecule has 0 N–H and O–H groups in total. The summed E-state index contributed by atoms with van der Waals surface area (Å²) in [5.74, 6) is 0. The van der Waals surface area contributed by atoms with Gasteiger partial charge in [-0.3, -0.25) is 9.48 Å². The third kappa shape index (κ3) is 1.38. The summed E-state index contributed by atoms with van der Waals surface area (Å²) in [5, 5.41) is 4.11. The lowest BCUT2D eigenvalue weighted by molar-refractivity contribution is 0.111. The van der Waals surface area contributed by atoms with E-state index in [1.807, 2.05) is 6.92 Å². The lowest BCUT2D eigenvalue weighted by atomic mass is 10.2. The van der Waals surface area contributed by atoms with Crippen molar-refractivity contribution in [2.24, 2.45) is 7.05 Å². The van der Waals surface area contributed by atoms with Crippen molar-refractivity contribution in [1.82, 2.24) is 9.78 Å². The van der Waals surface area contributed by atoms with Crippen molar-refractivity contribution in [3.8, 4) is 0 Å². The molecular formula is C8H12N2O2. The average molecular weight is 168 g/mol. The maximum Gasteiger partial charge on any atom is 0.153 e. The van der Waals surface area contributed by atoms with Gasteiger partial charge in [-0.1, -0.05) is 0 Å². The first-order valence-corrected chi connectivity index (χ1v) is 3.67. The number of ether oxygens (including phenoxy) is 1.